The lowest BCUT2D eigenvalue weighted by atomic mass is 10.6. The van der Waals surface area contributed by atoms with E-state index in [1.165, 1.54) is 6.92 Å². The highest BCUT2D eigenvalue weighted by molar-refractivity contribution is 5.65. The molecule has 0 unspecified atom stereocenters. The maximum Gasteiger partial charge on any atom is 0.303 e. The van der Waals surface area contributed by atoms with Crippen LogP contribution in [0, 0.1) is 0 Å². The van der Waals surface area contributed by atoms with E-state index in [0.717, 1.165) is 13.1 Å². The molecule has 66 valence electrons. The molecule has 4 nitrogen and oxygen atoms in total. The Morgan fingerprint density at radius 3 is 2.64 bits per heavy atom. The summed E-state index contributed by atoms with van der Waals surface area (Å²) in [6.07, 6.45) is 0. The standard InChI is InChI=1S/C7H16N2O2/c1-7(10)11-6-8-4-5-9(2)3/h8H,4-6H2,1-3H3. The van der Waals surface area contributed by atoms with Crippen LogP contribution >= 0.6 is 0 Å². The molecule has 0 heterocycles. The second-order valence-corrected chi connectivity index (χ2v) is 2.58. The fourth-order valence-corrected chi connectivity index (χ4v) is 0.527. The average molecular weight is 160 g/mol. The minimum Gasteiger partial charge on any atom is -0.450 e. The van der Waals surface area contributed by atoms with Gasteiger partial charge in [0.25, 0.3) is 0 Å². The van der Waals surface area contributed by atoms with Gasteiger partial charge in [0.2, 0.25) is 0 Å². The van der Waals surface area contributed by atoms with Crippen LogP contribution in [0.4, 0.5) is 0 Å². The van der Waals surface area contributed by atoms with Gasteiger partial charge < -0.3 is 9.64 Å². The number of ether oxygens (including phenoxy) is 1. The molecule has 1 N–H and O–H groups in total. The highest BCUT2D eigenvalue weighted by Crippen LogP contribution is 1.73. The van der Waals surface area contributed by atoms with Crippen molar-refractivity contribution in [3.05, 3.63) is 0 Å². The predicted octanol–water partition coefficient (Wildman–Crippen LogP) is -0.342. The molecule has 0 aliphatic heterocycles. The Kier molecular flexibility index (Phi) is 5.78. The maximum absolute atomic E-state index is 10.3. The molecule has 0 aromatic carbocycles. The minimum absolute atomic E-state index is 0.248. The SMILES string of the molecule is CC(=O)OCNCCN(C)C. The van der Waals surface area contributed by atoms with E-state index in [1.807, 2.05) is 14.1 Å². The van der Waals surface area contributed by atoms with Gasteiger partial charge in [-0.05, 0) is 14.1 Å². The van der Waals surface area contributed by atoms with Crippen LogP contribution in [0.2, 0.25) is 0 Å². The van der Waals surface area contributed by atoms with Crippen molar-refractivity contribution in [3.8, 4) is 0 Å². The van der Waals surface area contributed by atoms with Crippen LogP contribution in [0.5, 0.6) is 0 Å². The van der Waals surface area contributed by atoms with Gasteiger partial charge in [-0.2, -0.15) is 0 Å². The zero-order valence-corrected chi connectivity index (χ0v) is 7.39. The first kappa shape index (κ1) is 10.4. The smallest absolute Gasteiger partial charge is 0.303 e. The van der Waals surface area contributed by atoms with Crippen molar-refractivity contribution in [2.24, 2.45) is 0 Å². The summed E-state index contributed by atoms with van der Waals surface area (Å²) in [7, 11) is 3.99. The fourth-order valence-electron chi connectivity index (χ4n) is 0.527. The molecule has 0 aromatic rings. The van der Waals surface area contributed by atoms with E-state index < -0.39 is 0 Å². The molecule has 0 radical (unpaired) electrons. The van der Waals surface area contributed by atoms with E-state index in [-0.39, 0.29) is 5.97 Å². The number of hydrogen-bond acceptors (Lipinski definition) is 4. The molecule has 11 heavy (non-hydrogen) atoms. The first-order chi connectivity index (χ1) is 5.13. The summed E-state index contributed by atoms with van der Waals surface area (Å²) in [5, 5.41) is 2.96. The van der Waals surface area contributed by atoms with Crippen LogP contribution in [-0.2, 0) is 9.53 Å². The summed E-state index contributed by atoms with van der Waals surface area (Å²) in [5.74, 6) is -0.248. The zero-order chi connectivity index (χ0) is 8.69. The molecule has 0 fully saturated rings. The van der Waals surface area contributed by atoms with Gasteiger partial charge in [-0.3, -0.25) is 10.1 Å². The monoisotopic (exact) mass is 160 g/mol. The molecule has 0 aliphatic rings. The number of nitrogens with one attached hydrogen (secondary N) is 1. The number of hydrogen-bond donors (Lipinski definition) is 1. The third kappa shape index (κ3) is 9.39. The summed E-state index contributed by atoms with van der Waals surface area (Å²) in [6.45, 7) is 3.48. The van der Waals surface area contributed by atoms with Gasteiger partial charge in [0.1, 0.15) is 6.73 Å². The van der Waals surface area contributed by atoms with Crippen LogP contribution < -0.4 is 5.32 Å². The van der Waals surface area contributed by atoms with Crippen molar-refractivity contribution in [2.45, 2.75) is 6.92 Å². The third-order valence-corrected chi connectivity index (χ3v) is 1.11. The van der Waals surface area contributed by atoms with Gasteiger partial charge in [0, 0.05) is 20.0 Å². The molecule has 0 saturated carbocycles. The largest absolute Gasteiger partial charge is 0.450 e. The second kappa shape index (κ2) is 6.12. The fraction of sp³-hybridized carbons (Fsp3) is 0.857. The number of carbonyl (C=O) groups excluding carboxylic acids is 1. The van der Waals surface area contributed by atoms with Gasteiger partial charge >= 0.3 is 5.97 Å². The normalized spacial score (nSPS) is 10.2. The van der Waals surface area contributed by atoms with Crippen LogP contribution in [0.3, 0.4) is 0 Å². The quantitative estimate of drug-likeness (QED) is 0.339. The van der Waals surface area contributed by atoms with Gasteiger partial charge in [0.05, 0.1) is 0 Å². The molecular formula is C7H16N2O2. The van der Waals surface area contributed by atoms with Crippen molar-refractivity contribution in [2.75, 3.05) is 33.9 Å². The Balaban J connectivity index is 2.97. The van der Waals surface area contributed by atoms with Crippen molar-refractivity contribution in [3.63, 3.8) is 0 Å². The van der Waals surface area contributed by atoms with E-state index >= 15 is 0 Å². The van der Waals surface area contributed by atoms with Gasteiger partial charge in [0.15, 0.2) is 0 Å². The van der Waals surface area contributed by atoms with Crippen LogP contribution in [-0.4, -0.2) is 44.8 Å². The first-order valence-corrected chi connectivity index (χ1v) is 3.61. The Morgan fingerprint density at radius 2 is 2.18 bits per heavy atom. The maximum atomic E-state index is 10.3. The van der Waals surface area contributed by atoms with Gasteiger partial charge in [-0.15, -0.1) is 0 Å². The summed E-state index contributed by atoms with van der Waals surface area (Å²) >= 11 is 0. The molecule has 4 heteroatoms. The number of rotatable bonds is 5. The average Bonchev–Trinajstić information content (AvgIpc) is 1.85. The van der Waals surface area contributed by atoms with Crippen molar-refractivity contribution >= 4 is 5.97 Å². The van der Waals surface area contributed by atoms with E-state index in [2.05, 4.69) is 15.0 Å². The van der Waals surface area contributed by atoms with E-state index in [1.54, 1.807) is 0 Å². The summed E-state index contributed by atoms with van der Waals surface area (Å²) in [5.41, 5.74) is 0. The third-order valence-electron chi connectivity index (χ3n) is 1.11. The zero-order valence-electron chi connectivity index (χ0n) is 7.39. The lowest BCUT2D eigenvalue weighted by molar-refractivity contribution is -0.141. The second-order valence-electron chi connectivity index (χ2n) is 2.58. The van der Waals surface area contributed by atoms with Crippen molar-refractivity contribution < 1.29 is 9.53 Å². The van der Waals surface area contributed by atoms with Crippen molar-refractivity contribution in [1.82, 2.24) is 10.2 Å². The highest BCUT2D eigenvalue weighted by Gasteiger charge is 1.91. The Bertz CT molecular complexity index is 115. The first-order valence-electron chi connectivity index (χ1n) is 3.61. The summed E-state index contributed by atoms with van der Waals surface area (Å²) in [6, 6.07) is 0. The lowest BCUT2D eigenvalue weighted by Crippen LogP contribution is -2.28. The number of esters is 1. The number of nitrogens with zero attached hydrogens (tertiary/aromatic N) is 1. The molecule has 0 amide bonds. The molecule has 0 atom stereocenters. The predicted molar refractivity (Wildman–Crippen MR) is 43.2 cm³/mol. The van der Waals surface area contributed by atoms with Crippen LogP contribution in [0.15, 0.2) is 0 Å². The van der Waals surface area contributed by atoms with E-state index in [0.29, 0.717) is 6.73 Å². The molecule has 0 aliphatic carbocycles. The summed E-state index contributed by atoms with van der Waals surface area (Å²) in [4.78, 5) is 12.3. The molecular weight excluding hydrogens is 144 g/mol. The number of carbonyl (C=O) groups is 1. The number of likely N-dealkylation sites (N-methyl/N-ethyl adjacent to an activating group) is 1. The Labute approximate surface area is 67.5 Å². The van der Waals surface area contributed by atoms with E-state index in [4.69, 9.17) is 0 Å². The van der Waals surface area contributed by atoms with E-state index in [9.17, 15) is 4.79 Å². The molecule has 0 rings (SSSR count). The molecule has 0 bridgehead atoms. The lowest BCUT2D eigenvalue weighted by Gasteiger charge is -2.09. The minimum atomic E-state index is -0.248. The highest BCUT2D eigenvalue weighted by atomic mass is 16.5. The summed E-state index contributed by atoms with van der Waals surface area (Å²) < 4.78 is 4.66. The Hall–Kier alpha value is -0.610. The molecule has 0 spiro atoms. The van der Waals surface area contributed by atoms with Crippen LogP contribution in [0.1, 0.15) is 6.92 Å². The molecule has 0 aromatic heterocycles. The van der Waals surface area contributed by atoms with Crippen LogP contribution in [0.25, 0.3) is 0 Å². The van der Waals surface area contributed by atoms with Gasteiger partial charge in [-0.1, -0.05) is 0 Å². The van der Waals surface area contributed by atoms with Crippen molar-refractivity contribution in [1.29, 1.82) is 0 Å². The van der Waals surface area contributed by atoms with Gasteiger partial charge in [-0.25, -0.2) is 0 Å². The topological polar surface area (TPSA) is 41.6 Å². The Morgan fingerprint density at radius 1 is 1.55 bits per heavy atom. The molecule has 0 saturated heterocycles.